The quantitative estimate of drug-likeness (QED) is 0.690. The van der Waals surface area contributed by atoms with Gasteiger partial charge in [0.15, 0.2) is 0 Å². The molecule has 0 aliphatic rings. The Kier molecular flexibility index (Phi) is 7.36. The number of alkyl halides is 3. The van der Waals surface area contributed by atoms with E-state index >= 15 is 0 Å². The molecular weight excluding hydrogens is 261 g/mol. The highest BCUT2D eigenvalue weighted by molar-refractivity contribution is 5.80. The van der Waals surface area contributed by atoms with Crippen molar-refractivity contribution < 1.29 is 22.7 Å². The first kappa shape index (κ1) is 18.2. The summed E-state index contributed by atoms with van der Waals surface area (Å²) in [6.07, 6.45) is -3.30. The fourth-order valence-electron chi connectivity index (χ4n) is 1.71. The van der Waals surface area contributed by atoms with Crippen LogP contribution in [0.25, 0.3) is 0 Å². The maximum atomic E-state index is 12.1. The fourth-order valence-corrected chi connectivity index (χ4v) is 1.71. The second-order valence-electron chi connectivity index (χ2n) is 4.76. The standard InChI is InChI=1S/C12H23F3N2O2/c1-5-19-10(18)11(2,16-3)7-6-8-17(4)9-12(13,14)15/h16H,5-9H2,1-4H3. The molecule has 0 rings (SSSR count). The van der Waals surface area contributed by atoms with Crippen LogP contribution >= 0.6 is 0 Å². The molecule has 0 radical (unpaired) electrons. The van der Waals surface area contributed by atoms with Gasteiger partial charge in [0.2, 0.25) is 0 Å². The van der Waals surface area contributed by atoms with Gasteiger partial charge >= 0.3 is 12.1 Å². The van der Waals surface area contributed by atoms with Gasteiger partial charge in [0.1, 0.15) is 5.54 Å². The minimum absolute atomic E-state index is 0.274. The highest BCUT2D eigenvalue weighted by atomic mass is 19.4. The molecule has 0 spiro atoms. The Morgan fingerprint density at radius 1 is 1.37 bits per heavy atom. The third-order valence-electron chi connectivity index (χ3n) is 2.94. The minimum atomic E-state index is -4.19. The summed E-state index contributed by atoms with van der Waals surface area (Å²) < 4.78 is 41.3. The first-order valence-corrected chi connectivity index (χ1v) is 6.26. The van der Waals surface area contributed by atoms with Crippen LogP contribution in [0.3, 0.4) is 0 Å². The zero-order valence-electron chi connectivity index (χ0n) is 11.9. The van der Waals surface area contributed by atoms with Gasteiger partial charge in [-0.1, -0.05) is 0 Å². The summed E-state index contributed by atoms with van der Waals surface area (Å²) in [5.74, 6) is -0.379. The van der Waals surface area contributed by atoms with Gasteiger partial charge in [0.05, 0.1) is 13.2 Å². The van der Waals surface area contributed by atoms with Crippen LogP contribution in [0.5, 0.6) is 0 Å². The molecule has 0 saturated heterocycles. The van der Waals surface area contributed by atoms with Gasteiger partial charge in [-0.15, -0.1) is 0 Å². The van der Waals surface area contributed by atoms with Crippen molar-refractivity contribution in [1.29, 1.82) is 0 Å². The summed E-state index contributed by atoms with van der Waals surface area (Å²) in [4.78, 5) is 12.9. The molecule has 0 aromatic carbocycles. The topological polar surface area (TPSA) is 41.6 Å². The molecule has 0 aromatic heterocycles. The lowest BCUT2D eigenvalue weighted by atomic mass is 9.96. The molecule has 0 saturated carbocycles. The number of likely N-dealkylation sites (N-methyl/N-ethyl adjacent to an activating group) is 1. The zero-order valence-corrected chi connectivity index (χ0v) is 11.9. The summed E-state index contributed by atoms with van der Waals surface area (Å²) in [5, 5.41) is 2.87. The second kappa shape index (κ2) is 7.69. The molecule has 1 atom stereocenters. The van der Waals surface area contributed by atoms with Crippen LogP contribution < -0.4 is 5.32 Å². The van der Waals surface area contributed by atoms with Crippen LogP contribution in [-0.2, 0) is 9.53 Å². The van der Waals surface area contributed by atoms with Gasteiger partial charge in [0.25, 0.3) is 0 Å². The number of ether oxygens (including phenoxy) is 1. The Labute approximate surface area is 112 Å². The predicted molar refractivity (Wildman–Crippen MR) is 66.9 cm³/mol. The lowest BCUT2D eigenvalue weighted by molar-refractivity contribution is -0.151. The van der Waals surface area contributed by atoms with Crippen LogP contribution in [0.1, 0.15) is 26.7 Å². The molecule has 0 bridgehead atoms. The van der Waals surface area contributed by atoms with Crippen LogP contribution in [0.4, 0.5) is 13.2 Å². The number of carbonyl (C=O) groups is 1. The average Bonchev–Trinajstić information content (AvgIpc) is 2.26. The zero-order chi connectivity index (χ0) is 15.1. The van der Waals surface area contributed by atoms with Crippen molar-refractivity contribution in [3.63, 3.8) is 0 Å². The number of nitrogens with zero attached hydrogens (tertiary/aromatic N) is 1. The molecule has 19 heavy (non-hydrogen) atoms. The van der Waals surface area contributed by atoms with E-state index in [0.717, 1.165) is 0 Å². The number of esters is 1. The molecule has 0 aliphatic carbocycles. The molecule has 114 valence electrons. The lowest BCUT2D eigenvalue weighted by Gasteiger charge is -2.27. The van der Waals surface area contributed by atoms with Crippen LogP contribution in [-0.4, -0.2) is 56.4 Å². The number of rotatable bonds is 8. The van der Waals surface area contributed by atoms with E-state index in [1.54, 1.807) is 20.9 Å². The summed E-state index contributed by atoms with van der Waals surface area (Å²) in [6, 6.07) is 0. The van der Waals surface area contributed by atoms with Crippen molar-refractivity contribution in [3.8, 4) is 0 Å². The van der Waals surface area contributed by atoms with E-state index in [-0.39, 0.29) is 19.1 Å². The van der Waals surface area contributed by atoms with E-state index in [0.29, 0.717) is 12.8 Å². The predicted octanol–water partition coefficient (Wildman–Crippen LogP) is 1.80. The van der Waals surface area contributed by atoms with Gasteiger partial charge in [-0.05, 0) is 47.3 Å². The van der Waals surface area contributed by atoms with E-state index in [1.165, 1.54) is 11.9 Å². The Morgan fingerprint density at radius 3 is 2.37 bits per heavy atom. The normalized spacial score (nSPS) is 15.4. The van der Waals surface area contributed by atoms with Gasteiger partial charge in [-0.3, -0.25) is 9.69 Å². The molecular formula is C12H23F3N2O2. The van der Waals surface area contributed by atoms with Crippen LogP contribution in [0.15, 0.2) is 0 Å². The summed E-state index contributed by atoms with van der Waals surface area (Å²) in [5.41, 5.74) is -0.852. The van der Waals surface area contributed by atoms with E-state index in [4.69, 9.17) is 4.74 Å². The molecule has 4 nitrogen and oxygen atoms in total. The van der Waals surface area contributed by atoms with Crippen molar-refractivity contribution in [1.82, 2.24) is 10.2 Å². The number of carbonyl (C=O) groups excluding carboxylic acids is 1. The molecule has 1 unspecified atom stereocenters. The second-order valence-corrected chi connectivity index (χ2v) is 4.76. The Hall–Kier alpha value is -0.820. The Balaban J connectivity index is 4.18. The summed E-state index contributed by atoms with van der Waals surface area (Å²) in [7, 11) is 3.05. The van der Waals surface area contributed by atoms with Crippen molar-refractivity contribution in [2.75, 3.05) is 33.8 Å². The first-order valence-electron chi connectivity index (χ1n) is 6.26. The molecule has 0 aromatic rings. The third kappa shape index (κ3) is 7.37. The lowest BCUT2D eigenvalue weighted by Crippen LogP contribution is -2.49. The number of hydrogen-bond donors (Lipinski definition) is 1. The number of nitrogens with one attached hydrogen (secondary N) is 1. The highest BCUT2D eigenvalue weighted by Crippen LogP contribution is 2.18. The number of hydrogen-bond acceptors (Lipinski definition) is 4. The highest BCUT2D eigenvalue weighted by Gasteiger charge is 2.33. The average molecular weight is 284 g/mol. The molecule has 0 amide bonds. The monoisotopic (exact) mass is 284 g/mol. The maximum absolute atomic E-state index is 12.1. The van der Waals surface area contributed by atoms with Crippen molar-refractivity contribution >= 4 is 5.97 Å². The molecule has 0 fully saturated rings. The molecule has 0 aliphatic heterocycles. The van der Waals surface area contributed by atoms with Crippen LogP contribution in [0, 0.1) is 0 Å². The summed E-state index contributed by atoms with van der Waals surface area (Å²) in [6.45, 7) is 3.02. The van der Waals surface area contributed by atoms with Crippen molar-refractivity contribution in [2.24, 2.45) is 0 Å². The largest absolute Gasteiger partial charge is 0.465 e. The number of halogens is 3. The SMILES string of the molecule is CCOC(=O)C(C)(CCCN(C)CC(F)(F)F)NC. The Bertz CT molecular complexity index is 285. The van der Waals surface area contributed by atoms with Crippen molar-refractivity contribution in [2.45, 2.75) is 38.4 Å². The van der Waals surface area contributed by atoms with Gasteiger partial charge < -0.3 is 10.1 Å². The maximum Gasteiger partial charge on any atom is 0.401 e. The van der Waals surface area contributed by atoms with Gasteiger partial charge in [-0.2, -0.15) is 13.2 Å². The van der Waals surface area contributed by atoms with Crippen LogP contribution in [0.2, 0.25) is 0 Å². The molecule has 7 heteroatoms. The third-order valence-corrected chi connectivity index (χ3v) is 2.94. The van der Waals surface area contributed by atoms with E-state index in [1.807, 2.05) is 0 Å². The van der Waals surface area contributed by atoms with Gasteiger partial charge in [0, 0.05) is 0 Å². The van der Waals surface area contributed by atoms with E-state index in [2.05, 4.69) is 5.32 Å². The van der Waals surface area contributed by atoms with Crippen molar-refractivity contribution in [3.05, 3.63) is 0 Å². The van der Waals surface area contributed by atoms with E-state index in [9.17, 15) is 18.0 Å². The fraction of sp³-hybridized carbons (Fsp3) is 0.917. The van der Waals surface area contributed by atoms with Gasteiger partial charge in [-0.25, -0.2) is 0 Å². The minimum Gasteiger partial charge on any atom is -0.465 e. The first-order chi connectivity index (χ1) is 8.64. The van der Waals surface area contributed by atoms with E-state index < -0.39 is 18.3 Å². The molecule has 0 heterocycles. The Morgan fingerprint density at radius 2 is 1.95 bits per heavy atom. The molecule has 1 N–H and O–H groups in total. The summed E-state index contributed by atoms with van der Waals surface area (Å²) >= 11 is 0. The smallest absolute Gasteiger partial charge is 0.401 e.